The fourth-order valence-corrected chi connectivity index (χ4v) is 4.28. The van der Waals surface area contributed by atoms with E-state index in [-0.39, 0.29) is 5.82 Å². The molecule has 35 heavy (non-hydrogen) atoms. The summed E-state index contributed by atoms with van der Waals surface area (Å²) in [7, 11) is 4.01. The average molecular weight is 464 g/mol. The molecule has 0 fully saturated rings. The van der Waals surface area contributed by atoms with Crippen molar-refractivity contribution >= 4 is 27.4 Å². The number of rotatable bonds is 6. The van der Waals surface area contributed by atoms with Crippen molar-refractivity contribution in [1.29, 1.82) is 0 Å². The third-order valence-corrected chi connectivity index (χ3v) is 6.16. The molecule has 2 aromatic carbocycles. The summed E-state index contributed by atoms with van der Waals surface area (Å²) in [5.74, 6) is -0.268. The van der Waals surface area contributed by atoms with Crippen molar-refractivity contribution in [1.82, 2.24) is 25.1 Å². The Balaban J connectivity index is 1.61. The molecule has 174 valence electrons. The Kier molecular flexibility index (Phi) is 5.79. The van der Waals surface area contributed by atoms with Gasteiger partial charge in [0.05, 0.1) is 16.9 Å². The van der Waals surface area contributed by atoms with Gasteiger partial charge in [0.1, 0.15) is 11.5 Å². The Morgan fingerprint density at radius 1 is 0.971 bits per heavy atom. The molecule has 0 saturated heterocycles. The number of nitrogens with zero attached hydrogens (tertiary/aromatic N) is 3. The van der Waals surface area contributed by atoms with Gasteiger partial charge in [-0.05, 0) is 78.7 Å². The van der Waals surface area contributed by atoms with Gasteiger partial charge in [-0.2, -0.15) is 5.10 Å². The maximum Gasteiger partial charge on any atom is 0.123 e. The highest BCUT2D eigenvalue weighted by molar-refractivity contribution is 6.00. The molecule has 5 rings (SSSR count). The van der Waals surface area contributed by atoms with E-state index in [0.29, 0.717) is 0 Å². The van der Waals surface area contributed by atoms with Gasteiger partial charge in [0, 0.05) is 47.8 Å². The maximum atomic E-state index is 13.4. The molecule has 5 nitrogen and oxygen atoms in total. The smallest absolute Gasteiger partial charge is 0.123 e. The molecule has 2 N–H and O–H groups in total. The largest absolute Gasteiger partial charge is 0.378 e. The summed E-state index contributed by atoms with van der Waals surface area (Å²) in [6.45, 7) is 5.96. The molecule has 0 aliphatic rings. The molecule has 3 aromatic heterocycles. The van der Waals surface area contributed by atoms with E-state index in [1.807, 2.05) is 38.1 Å². The van der Waals surface area contributed by atoms with Crippen LogP contribution in [-0.2, 0) is 0 Å². The van der Waals surface area contributed by atoms with Crippen LogP contribution >= 0.6 is 0 Å². The molecule has 0 spiro atoms. The molecule has 5 aromatic rings. The highest BCUT2D eigenvalue weighted by atomic mass is 19.1. The number of allylic oxidation sites excluding steroid dienone is 4. The first kappa shape index (κ1) is 22.3. The Bertz CT molecular complexity index is 1600. The highest BCUT2D eigenvalue weighted by Gasteiger charge is 2.15. The number of nitrogens with one attached hydrogen (secondary N) is 2. The Hall–Kier alpha value is -4.45. The number of likely N-dealkylation sites (N-methyl/N-ethyl adjacent to an activating group) is 1. The molecule has 0 atom stereocenters. The molecule has 6 heteroatoms. The number of benzene rings is 2. The monoisotopic (exact) mass is 463 g/mol. The third kappa shape index (κ3) is 4.15. The molecule has 3 heterocycles. The van der Waals surface area contributed by atoms with Crippen molar-refractivity contribution in [3.8, 4) is 22.6 Å². The summed E-state index contributed by atoms with van der Waals surface area (Å²) in [5, 5.41) is 9.75. The summed E-state index contributed by atoms with van der Waals surface area (Å²) in [4.78, 5) is 10.1. The van der Waals surface area contributed by atoms with Crippen LogP contribution in [0.2, 0.25) is 0 Å². The van der Waals surface area contributed by atoms with Gasteiger partial charge in [-0.3, -0.25) is 10.1 Å². The number of aromatic amines is 2. The minimum absolute atomic E-state index is 0.268. The van der Waals surface area contributed by atoms with Crippen molar-refractivity contribution in [2.75, 3.05) is 14.1 Å². The van der Waals surface area contributed by atoms with E-state index in [1.54, 1.807) is 18.3 Å². The van der Waals surface area contributed by atoms with E-state index in [4.69, 9.17) is 0 Å². The lowest BCUT2D eigenvalue weighted by Gasteiger charge is -2.14. The fraction of sp³-hybridized carbons (Fsp3) is 0.103. The molecular formula is C29H26FN5. The minimum atomic E-state index is -0.268. The van der Waals surface area contributed by atoms with Gasteiger partial charge in [0.15, 0.2) is 0 Å². The van der Waals surface area contributed by atoms with Crippen LogP contribution in [0.1, 0.15) is 12.5 Å². The predicted octanol–water partition coefficient (Wildman–Crippen LogP) is 6.95. The molecule has 0 aliphatic heterocycles. The van der Waals surface area contributed by atoms with Crippen LogP contribution < -0.4 is 0 Å². The van der Waals surface area contributed by atoms with Gasteiger partial charge < -0.3 is 9.88 Å². The van der Waals surface area contributed by atoms with Crippen LogP contribution in [0.5, 0.6) is 0 Å². The Labute approximate surface area is 203 Å². The van der Waals surface area contributed by atoms with Crippen molar-refractivity contribution in [3.05, 3.63) is 103 Å². The van der Waals surface area contributed by atoms with Crippen LogP contribution in [0, 0.1) is 5.82 Å². The lowest BCUT2D eigenvalue weighted by atomic mass is 10.0. The topological polar surface area (TPSA) is 60.6 Å². The van der Waals surface area contributed by atoms with Gasteiger partial charge in [0.25, 0.3) is 0 Å². The number of hydrogen-bond donors (Lipinski definition) is 2. The van der Waals surface area contributed by atoms with Gasteiger partial charge >= 0.3 is 0 Å². The number of hydrogen-bond acceptors (Lipinski definition) is 3. The summed E-state index contributed by atoms with van der Waals surface area (Å²) >= 11 is 0. The average Bonchev–Trinajstić information content (AvgIpc) is 3.48. The van der Waals surface area contributed by atoms with Crippen LogP contribution in [0.15, 0.2) is 91.3 Å². The van der Waals surface area contributed by atoms with Crippen LogP contribution in [0.4, 0.5) is 4.39 Å². The zero-order valence-electron chi connectivity index (χ0n) is 19.9. The van der Waals surface area contributed by atoms with Crippen molar-refractivity contribution in [2.24, 2.45) is 0 Å². The van der Waals surface area contributed by atoms with Crippen molar-refractivity contribution in [3.63, 3.8) is 0 Å². The zero-order chi connectivity index (χ0) is 24.5. The van der Waals surface area contributed by atoms with Crippen LogP contribution in [0.25, 0.3) is 50.0 Å². The molecule has 0 bridgehead atoms. The van der Waals surface area contributed by atoms with Gasteiger partial charge in [-0.15, -0.1) is 0 Å². The molecule has 0 unspecified atom stereocenters. The summed E-state index contributed by atoms with van der Waals surface area (Å²) < 4.78 is 13.4. The van der Waals surface area contributed by atoms with E-state index >= 15 is 0 Å². The Morgan fingerprint density at radius 3 is 2.46 bits per heavy atom. The van der Waals surface area contributed by atoms with E-state index in [2.05, 4.69) is 63.2 Å². The number of halogens is 1. The molecular weight excluding hydrogens is 437 g/mol. The second kappa shape index (κ2) is 9.06. The first-order chi connectivity index (χ1) is 17.0. The normalized spacial score (nSPS) is 12.5. The van der Waals surface area contributed by atoms with E-state index in [9.17, 15) is 4.39 Å². The maximum absolute atomic E-state index is 13.4. The van der Waals surface area contributed by atoms with Gasteiger partial charge in [-0.25, -0.2) is 4.39 Å². The number of aromatic nitrogens is 4. The molecule has 0 radical (unpaired) electrons. The second-order valence-corrected chi connectivity index (χ2v) is 8.56. The summed E-state index contributed by atoms with van der Waals surface area (Å²) in [6.07, 6.45) is 7.83. The van der Waals surface area contributed by atoms with Crippen molar-refractivity contribution < 1.29 is 4.39 Å². The first-order valence-corrected chi connectivity index (χ1v) is 11.4. The van der Waals surface area contributed by atoms with Crippen molar-refractivity contribution in [2.45, 2.75) is 6.92 Å². The number of fused-ring (bicyclic) bond motifs is 2. The number of pyridine rings is 1. The molecule has 0 saturated carbocycles. The van der Waals surface area contributed by atoms with Crippen LogP contribution in [0.3, 0.4) is 0 Å². The lowest BCUT2D eigenvalue weighted by Crippen LogP contribution is -2.09. The SMILES string of the molecule is C=C/C(=C\C(=C/C)c1ccc2[nH]nc(-c3cc4c(-c5ccc(F)cc5)nccc4[nH]3)c2c1)N(C)C. The second-order valence-electron chi connectivity index (χ2n) is 8.56. The standard InChI is InChI=1S/C29H26FN5/c1-5-18(15-22(6-2)35(3)4)20-9-12-26-23(16-20)29(34-33-26)27-17-24-25(32-27)13-14-31-28(24)19-7-10-21(30)11-8-19/h5-17,32H,2H2,1,3-4H3,(H,33,34)/b18-5+,22-15+. The van der Waals surface area contributed by atoms with Gasteiger partial charge in [-0.1, -0.05) is 18.7 Å². The van der Waals surface area contributed by atoms with E-state index in [0.717, 1.165) is 61.3 Å². The quantitative estimate of drug-likeness (QED) is 0.268. The van der Waals surface area contributed by atoms with E-state index < -0.39 is 0 Å². The van der Waals surface area contributed by atoms with E-state index in [1.165, 1.54) is 12.1 Å². The Morgan fingerprint density at radius 2 is 1.74 bits per heavy atom. The summed E-state index contributed by atoms with van der Waals surface area (Å²) in [5.41, 5.74) is 8.50. The fourth-order valence-electron chi connectivity index (χ4n) is 4.28. The lowest BCUT2D eigenvalue weighted by molar-refractivity contribution is 0.530. The molecule has 0 aliphatic carbocycles. The van der Waals surface area contributed by atoms with Crippen LogP contribution in [-0.4, -0.2) is 39.2 Å². The minimum Gasteiger partial charge on any atom is -0.378 e. The third-order valence-electron chi connectivity index (χ3n) is 6.16. The molecule has 0 amide bonds. The number of H-pyrrole nitrogens is 2. The first-order valence-electron chi connectivity index (χ1n) is 11.4. The van der Waals surface area contributed by atoms with Gasteiger partial charge in [0.2, 0.25) is 0 Å². The zero-order valence-corrected chi connectivity index (χ0v) is 19.9. The predicted molar refractivity (Wildman–Crippen MR) is 142 cm³/mol. The highest BCUT2D eigenvalue weighted by Crippen LogP contribution is 2.34. The summed E-state index contributed by atoms with van der Waals surface area (Å²) in [6, 6.07) is 16.7.